The van der Waals surface area contributed by atoms with Gasteiger partial charge in [0, 0.05) is 6.20 Å². The fraction of sp³-hybridized carbons (Fsp3) is 0. The summed E-state index contributed by atoms with van der Waals surface area (Å²) in [5.41, 5.74) is 0. The molecule has 15 heavy (non-hydrogen) atoms. The molecule has 0 fully saturated rings. The van der Waals surface area contributed by atoms with Crippen molar-refractivity contribution in [1.29, 1.82) is 0 Å². The van der Waals surface area contributed by atoms with Crippen molar-refractivity contribution in [3.05, 3.63) is 58.1 Å². The van der Waals surface area contributed by atoms with Gasteiger partial charge in [-0.25, -0.2) is 9.97 Å². The molecule has 2 rings (SSSR count). The molecule has 0 saturated carbocycles. The van der Waals surface area contributed by atoms with Crippen LogP contribution in [0.3, 0.4) is 0 Å². The number of hydrogen-bond donors (Lipinski definition) is 0. The van der Waals surface area contributed by atoms with E-state index in [0.717, 1.165) is 0 Å². The summed E-state index contributed by atoms with van der Waals surface area (Å²) < 4.78 is 0. The van der Waals surface area contributed by atoms with E-state index in [1.807, 2.05) is 12.1 Å². The Balaban J connectivity index is 0.000000151. The van der Waals surface area contributed by atoms with Crippen LogP contribution in [0, 0.1) is 0 Å². The summed E-state index contributed by atoms with van der Waals surface area (Å²) in [5.74, 6) is 0. The maximum Gasteiger partial charge on any atom is 0.130 e. The first-order valence-corrected chi connectivity index (χ1v) is 5.16. The number of aromatic nitrogens is 2. The van der Waals surface area contributed by atoms with Crippen LogP contribution in [-0.2, 0) is 0 Å². The van der Waals surface area contributed by atoms with Gasteiger partial charge in [-0.15, -0.1) is 0 Å². The van der Waals surface area contributed by atoms with E-state index in [1.165, 1.54) is 0 Å². The Morgan fingerprint density at radius 3 is 1.60 bits per heavy atom. The minimum atomic E-state index is 0.428. The molecule has 78 valence electrons. The average molecular weight is 262 g/mol. The monoisotopic (exact) mass is 260 g/mol. The highest BCUT2D eigenvalue weighted by molar-refractivity contribution is 6.32. The fourth-order valence-corrected chi connectivity index (χ4v) is 1.23. The Morgan fingerprint density at radius 2 is 1.33 bits per heavy atom. The minimum absolute atomic E-state index is 0.428. The molecule has 0 radical (unpaired) electrons. The molecular weight excluding hydrogens is 254 g/mol. The van der Waals surface area contributed by atoms with Crippen LogP contribution in [0.1, 0.15) is 0 Å². The first-order valence-electron chi connectivity index (χ1n) is 4.03. The zero-order valence-electron chi connectivity index (χ0n) is 7.57. The molecule has 0 N–H and O–H groups in total. The topological polar surface area (TPSA) is 25.8 Å². The smallest absolute Gasteiger partial charge is 0.130 e. The van der Waals surface area contributed by atoms with E-state index in [2.05, 4.69) is 9.97 Å². The van der Waals surface area contributed by atoms with Crippen LogP contribution in [0.2, 0.25) is 15.5 Å². The molecule has 0 aliphatic heterocycles. The number of nitrogens with zero attached hydrogens (tertiary/aromatic N) is 2. The Hall–Kier alpha value is -0.830. The number of pyridine rings is 2. The molecule has 0 amide bonds. The average Bonchev–Trinajstić information content (AvgIpc) is 2.19. The summed E-state index contributed by atoms with van der Waals surface area (Å²) >= 11 is 16.3. The highest BCUT2D eigenvalue weighted by Gasteiger charge is 1.86. The Kier molecular flexibility index (Phi) is 5.40. The maximum atomic E-state index is 5.45. The molecule has 0 saturated heterocycles. The van der Waals surface area contributed by atoms with Crippen molar-refractivity contribution in [2.45, 2.75) is 0 Å². The van der Waals surface area contributed by atoms with Gasteiger partial charge in [-0.1, -0.05) is 46.9 Å². The molecule has 0 bridgehead atoms. The molecule has 5 heteroatoms. The largest absolute Gasteiger partial charge is 0.245 e. The minimum Gasteiger partial charge on any atom is -0.245 e. The summed E-state index contributed by atoms with van der Waals surface area (Å²) in [6, 6.07) is 10.5. The normalized spacial score (nSPS) is 9.00. The van der Waals surface area contributed by atoms with E-state index in [0.29, 0.717) is 15.5 Å². The van der Waals surface area contributed by atoms with Crippen molar-refractivity contribution < 1.29 is 0 Å². The van der Waals surface area contributed by atoms with Gasteiger partial charge in [0.2, 0.25) is 0 Å². The molecule has 0 atom stereocenters. The van der Waals surface area contributed by atoms with Crippen molar-refractivity contribution in [3.63, 3.8) is 0 Å². The molecule has 2 aromatic rings. The first-order chi connectivity index (χ1) is 7.18. The van der Waals surface area contributed by atoms with Crippen LogP contribution in [0.25, 0.3) is 0 Å². The van der Waals surface area contributed by atoms with Gasteiger partial charge in [-0.2, -0.15) is 0 Å². The van der Waals surface area contributed by atoms with E-state index in [1.54, 1.807) is 30.5 Å². The second kappa shape index (κ2) is 6.62. The van der Waals surface area contributed by atoms with E-state index in [9.17, 15) is 0 Å². The lowest BCUT2D eigenvalue weighted by molar-refractivity contribution is 1.33. The van der Waals surface area contributed by atoms with Gasteiger partial charge in [0.15, 0.2) is 0 Å². The van der Waals surface area contributed by atoms with Crippen LogP contribution < -0.4 is 0 Å². The van der Waals surface area contributed by atoms with Crippen molar-refractivity contribution in [2.24, 2.45) is 0 Å². The molecule has 2 nitrogen and oxygen atoms in total. The second-order valence-electron chi connectivity index (χ2n) is 2.44. The summed E-state index contributed by atoms with van der Waals surface area (Å²) in [7, 11) is 0. The van der Waals surface area contributed by atoms with Crippen LogP contribution in [0.5, 0.6) is 0 Å². The zero-order valence-corrected chi connectivity index (χ0v) is 9.84. The maximum absolute atomic E-state index is 5.45. The highest BCUT2D eigenvalue weighted by atomic mass is 35.5. The Bertz CT molecular complexity index is 389. The third-order valence-corrected chi connectivity index (χ3v) is 1.95. The molecule has 2 aromatic heterocycles. The van der Waals surface area contributed by atoms with E-state index in [4.69, 9.17) is 34.8 Å². The van der Waals surface area contributed by atoms with E-state index >= 15 is 0 Å². The Morgan fingerprint density at radius 1 is 0.733 bits per heavy atom. The first kappa shape index (κ1) is 12.2. The third kappa shape index (κ3) is 5.57. The summed E-state index contributed by atoms with van der Waals surface area (Å²) in [6.45, 7) is 0. The molecule has 2 heterocycles. The quantitative estimate of drug-likeness (QED) is 0.667. The van der Waals surface area contributed by atoms with Crippen molar-refractivity contribution in [2.75, 3.05) is 0 Å². The molecule has 0 aromatic carbocycles. The van der Waals surface area contributed by atoms with Crippen LogP contribution >= 0.6 is 34.8 Å². The van der Waals surface area contributed by atoms with Crippen molar-refractivity contribution in [3.8, 4) is 0 Å². The summed E-state index contributed by atoms with van der Waals surface area (Å²) in [6.07, 6.45) is 1.66. The SMILES string of the molecule is Clc1cccc(Cl)n1.Clc1ccccn1. The standard InChI is InChI=1S/C5H3Cl2N.C5H4ClN/c6-4-2-1-3-5(7)8-4;6-5-3-1-2-4-7-5/h1-3H;1-4H. The number of halogens is 3. The van der Waals surface area contributed by atoms with Gasteiger partial charge in [-0.05, 0) is 24.3 Å². The van der Waals surface area contributed by atoms with Gasteiger partial charge in [-0.3, -0.25) is 0 Å². The van der Waals surface area contributed by atoms with Crippen molar-refractivity contribution >= 4 is 34.8 Å². The van der Waals surface area contributed by atoms with Gasteiger partial charge in [0.1, 0.15) is 15.5 Å². The van der Waals surface area contributed by atoms with Crippen LogP contribution in [0.4, 0.5) is 0 Å². The number of hydrogen-bond acceptors (Lipinski definition) is 2. The predicted octanol–water partition coefficient (Wildman–Crippen LogP) is 4.12. The van der Waals surface area contributed by atoms with Gasteiger partial charge < -0.3 is 0 Å². The predicted molar refractivity (Wildman–Crippen MR) is 63.5 cm³/mol. The molecule has 0 spiro atoms. The molecular formula is C10H7Cl3N2. The fourth-order valence-electron chi connectivity index (χ4n) is 0.725. The van der Waals surface area contributed by atoms with E-state index in [-0.39, 0.29) is 0 Å². The van der Waals surface area contributed by atoms with Crippen LogP contribution in [0.15, 0.2) is 42.6 Å². The zero-order chi connectivity index (χ0) is 11.1. The molecule has 0 unspecified atom stereocenters. The van der Waals surface area contributed by atoms with Crippen molar-refractivity contribution in [1.82, 2.24) is 9.97 Å². The number of rotatable bonds is 0. The molecule has 0 aliphatic rings. The highest BCUT2D eigenvalue weighted by Crippen LogP contribution is 2.08. The van der Waals surface area contributed by atoms with Gasteiger partial charge in [0.25, 0.3) is 0 Å². The van der Waals surface area contributed by atoms with Crippen LogP contribution in [-0.4, -0.2) is 9.97 Å². The molecule has 0 aliphatic carbocycles. The van der Waals surface area contributed by atoms with Gasteiger partial charge >= 0.3 is 0 Å². The van der Waals surface area contributed by atoms with E-state index < -0.39 is 0 Å². The Labute approximate surface area is 103 Å². The van der Waals surface area contributed by atoms with Gasteiger partial charge in [0.05, 0.1) is 0 Å². The summed E-state index contributed by atoms with van der Waals surface area (Å²) in [4.78, 5) is 7.45. The lowest BCUT2D eigenvalue weighted by Crippen LogP contribution is -1.71. The lowest BCUT2D eigenvalue weighted by Gasteiger charge is -1.85. The second-order valence-corrected chi connectivity index (χ2v) is 3.60. The summed E-state index contributed by atoms with van der Waals surface area (Å²) in [5, 5.41) is 1.40. The third-order valence-electron chi connectivity index (χ3n) is 1.31. The lowest BCUT2D eigenvalue weighted by atomic mass is 10.5.